The van der Waals surface area contributed by atoms with Crippen LogP contribution in [0.2, 0.25) is 0 Å². The van der Waals surface area contributed by atoms with E-state index in [0.717, 1.165) is 31.5 Å². The van der Waals surface area contributed by atoms with Gasteiger partial charge in [0.05, 0.1) is 4.90 Å². The predicted octanol–water partition coefficient (Wildman–Crippen LogP) is 2.57. The van der Waals surface area contributed by atoms with Crippen molar-refractivity contribution < 1.29 is 17.9 Å². The van der Waals surface area contributed by atoms with Crippen molar-refractivity contribution in [2.45, 2.75) is 23.8 Å². The van der Waals surface area contributed by atoms with Crippen LogP contribution in [0.3, 0.4) is 0 Å². The zero-order chi connectivity index (χ0) is 18.7. The highest BCUT2D eigenvalue weighted by Crippen LogP contribution is 2.32. The minimum Gasteiger partial charge on any atom is -0.486 e. The Bertz CT molecular complexity index is 880. The molecule has 0 aromatic heterocycles. The molecule has 6 nitrogen and oxygen atoms in total. The first-order chi connectivity index (χ1) is 13.1. The van der Waals surface area contributed by atoms with E-state index in [2.05, 4.69) is 21.8 Å². The third-order valence-corrected chi connectivity index (χ3v) is 6.48. The number of fused-ring (bicyclic) bond motifs is 1. The van der Waals surface area contributed by atoms with E-state index in [-0.39, 0.29) is 10.9 Å². The molecule has 0 spiro atoms. The second-order valence-electron chi connectivity index (χ2n) is 6.83. The fraction of sp³-hybridized carbons (Fsp3) is 0.400. The van der Waals surface area contributed by atoms with Crippen molar-refractivity contribution in [1.82, 2.24) is 9.62 Å². The standard InChI is InChI=1S/C20H24N2O4S/c23-27(24,17-8-9-19-20(14-17)26-13-12-25-19)21-15-18(22-10-4-5-11-22)16-6-2-1-3-7-16/h1-3,6-9,14,18,21H,4-5,10-13,15H2/t18-/m0/s1. The molecule has 0 amide bonds. The Labute approximate surface area is 160 Å². The third kappa shape index (κ3) is 4.10. The first-order valence-electron chi connectivity index (χ1n) is 9.32. The number of hydrogen-bond acceptors (Lipinski definition) is 5. The Morgan fingerprint density at radius 3 is 2.41 bits per heavy atom. The topological polar surface area (TPSA) is 67.9 Å². The van der Waals surface area contributed by atoms with Gasteiger partial charge in [-0.3, -0.25) is 4.90 Å². The molecule has 0 unspecified atom stereocenters. The smallest absolute Gasteiger partial charge is 0.240 e. The van der Waals surface area contributed by atoms with Gasteiger partial charge in [0.25, 0.3) is 0 Å². The van der Waals surface area contributed by atoms with E-state index >= 15 is 0 Å². The number of sulfonamides is 1. The lowest BCUT2D eigenvalue weighted by atomic mass is 10.1. The molecule has 2 aromatic carbocycles. The van der Waals surface area contributed by atoms with Gasteiger partial charge in [0.1, 0.15) is 13.2 Å². The van der Waals surface area contributed by atoms with Crippen LogP contribution in [0.4, 0.5) is 0 Å². The monoisotopic (exact) mass is 388 g/mol. The van der Waals surface area contributed by atoms with Crippen molar-refractivity contribution >= 4 is 10.0 Å². The lowest BCUT2D eigenvalue weighted by Gasteiger charge is -2.28. The molecule has 2 aliphatic rings. The van der Waals surface area contributed by atoms with Crippen molar-refractivity contribution in [3.05, 3.63) is 54.1 Å². The lowest BCUT2D eigenvalue weighted by molar-refractivity contribution is 0.171. The SMILES string of the molecule is O=S(=O)(NC[C@@H](c1ccccc1)N1CCCC1)c1ccc2c(c1)OCCO2. The van der Waals surface area contributed by atoms with Crippen LogP contribution in [0.5, 0.6) is 11.5 Å². The summed E-state index contributed by atoms with van der Waals surface area (Å²) < 4.78 is 39.5. The van der Waals surface area contributed by atoms with Gasteiger partial charge in [0.15, 0.2) is 11.5 Å². The number of nitrogens with one attached hydrogen (secondary N) is 1. The summed E-state index contributed by atoms with van der Waals surface area (Å²) in [7, 11) is -3.64. The van der Waals surface area contributed by atoms with Crippen LogP contribution in [0.1, 0.15) is 24.4 Å². The second kappa shape index (κ2) is 7.88. The molecule has 4 rings (SSSR count). The Balaban J connectivity index is 1.52. The van der Waals surface area contributed by atoms with Crippen molar-refractivity contribution in [2.75, 3.05) is 32.8 Å². The largest absolute Gasteiger partial charge is 0.486 e. The van der Waals surface area contributed by atoms with Gasteiger partial charge in [-0.25, -0.2) is 13.1 Å². The van der Waals surface area contributed by atoms with Crippen LogP contribution in [-0.2, 0) is 10.0 Å². The van der Waals surface area contributed by atoms with E-state index in [1.807, 2.05) is 18.2 Å². The van der Waals surface area contributed by atoms with E-state index in [1.165, 1.54) is 6.07 Å². The van der Waals surface area contributed by atoms with Gasteiger partial charge in [0, 0.05) is 18.7 Å². The molecular weight excluding hydrogens is 364 g/mol. The van der Waals surface area contributed by atoms with Crippen molar-refractivity contribution in [3.8, 4) is 11.5 Å². The summed E-state index contributed by atoms with van der Waals surface area (Å²) in [6.07, 6.45) is 2.30. The summed E-state index contributed by atoms with van der Waals surface area (Å²) in [4.78, 5) is 2.54. The molecule has 1 fully saturated rings. The van der Waals surface area contributed by atoms with E-state index in [0.29, 0.717) is 31.3 Å². The molecule has 0 aliphatic carbocycles. The summed E-state index contributed by atoms with van der Waals surface area (Å²) in [6.45, 7) is 3.22. The van der Waals surface area contributed by atoms with Crippen LogP contribution in [0.25, 0.3) is 0 Å². The van der Waals surface area contributed by atoms with E-state index in [1.54, 1.807) is 12.1 Å². The number of likely N-dealkylation sites (tertiary alicyclic amines) is 1. The molecule has 1 saturated heterocycles. The molecular formula is C20H24N2O4S. The summed E-state index contributed by atoms with van der Waals surface area (Å²) >= 11 is 0. The van der Waals surface area contributed by atoms with E-state index < -0.39 is 10.0 Å². The maximum atomic E-state index is 12.8. The van der Waals surface area contributed by atoms with Crippen LogP contribution < -0.4 is 14.2 Å². The fourth-order valence-electron chi connectivity index (χ4n) is 3.65. The highest BCUT2D eigenvalue weighted by molar-refractivity contribution is 7.89. The molecule has 2 aliphatic heterocycles. The van der Waals surface area contributed by atoms with Crippen molar-refractivity contribution in [1.29, 1.82) is 0 Å². The maximum Gasteiger partial charge on any atom is 0.240 e. The van der Waals surface area contributed by atoms with Gasteiger partial charge in [-0.1, -0.05) is 30.3 Å². The average Bonchev–Trinajstić information content (AvgIpc) is 3.23. The maximum absolute atomic E-state index is 12.8. The zero-order valence-corrected chi connectivity index (χ0v) is 16.0. The first-order valence-corrected chi connectivity index (χ1v) is 10.8. The summed E-state index contributed by atoms with van der Waals surface area (Å²) in [5, 5.41) is 0. The highest BCUT2D eigenvalue weighted by atomic mass is 32.2. The zero-order valence-electron chi connectivity index (χ0n) is 15.1. The van der Waals surface area contributed by atoms with Crippen LogP contribution in [-0.4, -0.2) is 46.2 Å². The number of ether oxygens (including phenoxy) is 2. The molecule has 2 aromatic rings. The number of rotatable bonds is 6. The van der Waals surface area contributed by atoms with Crippen LogP contribution in [0.15, 0.2) is 53.4 Å². The minimum absolute atomic E-state index is 0.0284. The number of benzene rings is 2. The van der Waals surface area contributed by atoms with Gasteiger partial charge in [-0.05, 0) is 43.6 Å². The summed E-state index contributed by atoms with van der Waals surface area (Å²) in [5.41, 5.74) is 1.13. The molecule has 0 bridgehead atoms. The van der Waals surface area contributed by atoms with Gasteiger partial charge in [-0.15, -0.1) is 0 Å². The van der Waals surface area contributed by atoms with Crippen LogP contribution in [0, 0.1) is 0 Å². The molecule has 0 radical (unpaired) electrons. The minimum atomic E-state index is -3.64. The average molecular weight is 388 g/mol. The summed E-state index contributed by atoms with van der Waals surface area (Å²) in [6, 6.07) is 14.8. The molecule has 1 N–H and O–H groups in total. The first kappa shape index (κ1) is 18.3. The normalized spacial score (nSPS) is 18.4. The molecule has 0 saturated carbocycles. The lowest BCUT2D eigenvalue weighted by Crippen LogP contribution is -2.36. The third-order valence-electron chi connectivity index (χ3n) is 5.06. The number of hydrogen-bond donors (Lipinski definition) is 1. The molecule has 2 heterocycles. The van der Waals surface area contributed by atoms with E-state index in [9.17, 15) is 8.42 Å². The van der Waals surface area contributed by atoms with Gasteiger partial charge in [0.2, 0.25) is 10.0 Å². The highest BCUT2D eigenvalue weighted by Gasteiger charge is 2.26. The molecule has 7 heteroatoms. The second-order valence-corrected chi connectivity index (χ2v) is 8.59. The van der Waals surface area contributed by atoms with E-state index in [4.69, 9.17) is 9.47 Å². The Morgan fingerprint density at radius 2 is 1.67 bits per heavy atom. The molecule has 144 valence electrons. The van der Waals surface area contributed by atoms with Gasteiger partial charge in [-0.2, -0.15) is 0 Å². The van der Waals surface area contributed by atoms with Crippen molar-refractivity contribution in [3.63, 3.8) is 0 Å². The molecule has 1 atom stereocenters. The Morgan fingerprint density at radius 1 is 0.963 bits per heavy atom. The number of nitrogens with zero attached hydrogens (tertiary/aromatic N) is 1. The van der Waals surface area contributed by atoms with Crippen molar-refractivity contribution in [2.24, 2.45) is 0 Å². The Kier molecular flexibility index (Phi) is 5.33. The Hall–Kier alpha value is -2.09. The fourth-order valence-corrected chi connectivity index (χ4v) is 4.70. The van der Waals surface area contributed by atoms with Gasteiger partial charge >= 0.3 is 0 Å². The van der Waals surface area contributed by atoms with Crippen LogP contribution >= 0.6 is 0 Å². The van der Waals surface area contributed by atoms with Gasteiger partial charge < -0.3 is 9.47 Å². The quantitative estimate of drug-likeness (QED) is 0.824. The molecule has 27 heavy (non-hydrogen) atoms. The summed E-state index contributed by atoms with van der Waals surface area (Å²) in [5.74, 6) is 1.06. The predicted molar refractivity (Wildman–Crippen MR) is 103 cm³/mol.